The van der Waals surface area contributed by atoms with Crippen molar-refractivity contribution < 1.29 is 15.4 Å². The van der Waals surface area contributed by atoms with Gasteiger partial charge in [-0.2, -0.15) is 10.5 Å². The van der Waals surface area contributed by atoms with E-state index < -0.39 is 5.54 Å². The van der Waals surface area contributed by atoms with Crippen molar-refractivity contribution in [2.24, 2.45) is 35.1 Å². The van der Waals surface area contributed by atoms with E-state index in [1.807, 2.05) is 0 Å². The lowest BCUT2D eigenvalue weighted by atomic mass is 9.55. The highest BCUT2D eigenvalue weighted by Crippen LogP contribution is 2.62. The molecule has 0 amide bonds. The lowest BCUT2D eigenvalue weighted by Gasteiger charge is -2.54. The van der Waals surface area contributed by atoms with Gasteiger partial charge in [0.1, 0.15) is 0 Å². The van der Waals surface area contributed by atoms with Crippen LogP contribution in [-0.2, 0) is 4.94 Å². The second kappa shape index (κ2) is 3.00. The van der Waals surface area contributed by atoms with Gasteiger partial charge in [-0.05, 0) is 29.1 Å². The van der Waals surface area contributed by atoms with Crippen molar-refractivity contribution in [3.8, 4) is 0 Å². The Labute approximate surface area is 98.7 Å². The molecule has 4 fully saturated rings. The molecule has 3 saturated carbocycles. The Morgan fingerprint density at radius 3 is 2.53 bits per heavy atom. The smallest absolute Gasteiger partial charge is 0.187 e. The van der Waals surface area contributed by atoms with Gasteiger partial charge in [-0.25, -0.2) is 0 Å². The summed E-state index contributed by atoms with van der Waals surface area (Å²) in [5.74, 6) is 1.51. The van der Waals surface area contributed by atoms with Crippen LogP contribution in [0.1, 0.15) is 12.8 Å². The summed E-state index contributed by atoms with van der Waals surface area (Å²) in [6, 6.07) is 0.0798. The number of nitrogens with two attached hydrogens (primary N) is 2. The Morgan fingerprint density at radius 2 is 1.88 bits per heavy atom. The molecule has 9 unspecified atom stereocenters. The zero-order chi connectivity index (χ0) is 11.9. The average Bonchev–Trinajstić information content (AvgIpc) is 2.88. The summed E-state index contributed by atoms with van der Waals surface area (Å²) < 4.78 is 0. The van der Waals surface area contributed by atoms with E-state index >= 15 is 0 Å². The second-order valence-corrected chi connectivity index (χ2v) is 6.21. The van der Waals surface area contributed by atoms with Gasteiger partial charge in [0.2, 0.25) is 0 Å². The van der Waals surface area contributed by atoms with Crippen LogP contribution in [0.4, 0.5) is 0 Å². The van der Waals surface area contributed by atoms with Gasteiger partial charge in [0.15, 0.2) is 12.1 Å². The first-order valence-corrected chi connectivity index (χ1v) is 6.31. The number of hydrogen-bond donors (Lipinski definition) is 4. The molecule has 1 spiro atoms. The van der Waals surface area contributed by atoms with E-state index in [1.54, 1.807) is 0 Å². The molecule has 0 aromatic carbocycles. The molecular formula is C10H18N4O3. The molecule has 7 heteroatoms. The van der Waals surface area contributed by atoms with Crippen molar-refractivity contribution in [3.63, 3.8) is 0 Å². The molecule has 3 aliphatic carbocycles. The first-order chi connectivity index (χ1) is 8.04. The van der Waals surface area contributed by atoms with Crippen LogP contribution in [-0.4, -0.2) is 24.2 Å². The molecule has 4 rings (SSSR count). The maximum Gasteiger partial charge on any atom is 0.187 e. The summed E-state index contributed by atoms with van der Waals surface area (Å²) in [6.07, 6.45) is 1.78. The lowest BCUT2D eigenvalue weighted by Crippen LogP contribution is -3.19. The van der Waals surface area contributed by atoms with Crippen LogP contribution in [0.15, 0.2) is 0 Å². The fraction of sp³-hybridized carbons (Fsp3) is 1.00. The van der Waals surface area contributed by atoms with Gasteiger partial charge in [-0.15, -0.1) is 0 Å². The number of hydrogen-bond acceptors (Lipinski definition) is 5. The van der Waals surface area contributed by atoms with E-state index in [2.05, 4.69) is 0 Å². The maximum atomic E-state index is 11.9. The predicted octanol–water partition coefficient (Wildman–Crippen LogP) is -3.71. The molecule has 6 N–H and O–H groups in total. The minimum atomic E-state index is -0.541. The summed E-state index contributed by atoms with van der Waals surface area (Å²) in [7, 11) is 0. The van der Waals surface area contributed by atoms with Crippen LogP contribution in [0.3, 0.4) is 0 Å². The lowest BCUT2D eigenvalue weighted by molar-refractivity contribution is -1.28. The maximum absolute atomic E-state index is 11.9. The molecule has 0 aromatic heterocycles. The third kappa shape index (κ3) is 1.03. The highest BCUT2D eigenvalue weighted by molar-refractivity contribution is 5.20. The molecule has 2 bridgehead atoms. The molecule has 7 nitrogen and oxygen atoms in total. The van der Waals surface area contributed by atoms with Crippen LogP contribution < -0.4 is 21.9 Å². The number of nitrogens with one attached hydrogen (secondary N) is 2. The van der Waals surface area contributed by atoms with Crippen LogP contribution >= 0.6 is 0 Å². The standard InChI is InChI=1S/C10H18N4O3/c11-8-6-4-1-5(7(6)9(8)12)10(2-4)3-13(15)17-14(10)16/h4-9,13-14H,1-3,11-12H2. The summed E-state index contributed by atoms with van der Waals surface area (Å²) >= 11 is 0. The molecule has 4 aliphatic rings. The highest BCUT2D eigenvalue weighted by Gasteiger charge is 2.74. The van der Waals surface area contributed by atoms with Gasteiger partial charge >= 0.3 is 0 Å². The van der Waals surface area contributed by atoms with Gasteiger partial charge in [-0.1, -0.05) is 0 Å². The molecular weight excluding hydrogens is 224 g/mol. The number of fused-ring (bicyclic) bond motifs is 6. The highest BCUT2D eigenvalue weighted by atomic mass is 17.1. The van der Waals surface area contributed by atoms with Crippen molar-refractivity contribution in [2.45, 2.75) is 30.5 Å². The van der Waals surface area contributed by atoms with Crippen molar-refractivity contribution in [1.29, 1.82) is 0 Å². The SMILES string of the molecule is NC1C(N)C2C1C1CC2C2(C1)C[NH+]([O-])O[NH+]2[O-]. The Bertz CT molecular complexity index is 369. The molecule has 0 aromatic rings. The first kappa shape index (κ1) is 10.6. The van der Waals surface area contributed by atoms with Crippen LogP contribution in [0.5, 0.6) is 0 Å². The van der Waals surface area contributed by atoms with E-state index in [0.717, 1.165) is 12.8 Å². The van der Waals surface area contributed by atoms with Gasteiger partial charge in [-0.3, -0.25) is 0 Å². The van der Waals surface area contributed by atoms with Crippen LogP contribution in [0.2, 0.25) is 0 Å². The van der Waals surface area contributed by atoms with Gasteiger partial charge < -0.3 is 21.9 Å². The third-order valence-electron chi connectivity index (χ3n) is 5.75. The molecule has 1 heterocycles. The zero-order valence-corrected chi connectivity index (χ0v) is 9.46. The summed E-state index contributed by atoms with van der Waals surface area (Å²) in [6.45, 7) is 0.262. The summed E-state index contributed by atoms with van der Waals surface area (Å²) in [5, 5.41) is 22.6. The molecule has 96 valence electrons. The van der Waals surface area contributed by atoms with Crippen molar-refractivity contribution in [2.75, 3.05) is 6.54 Å². The van der Waals surface area contributed by atoms with Gasteiger partial charge in [0.25, 0.3) is 0 Å². The molecule has 17 heavy (non-hydrogen) atoms. The predicted molar refractivity (Wildman–Crippen MR) is 56.5 cm³/mol. The molecule has 9 atom stereocenters. The van der Waals surface area contributed by atoms with Gasteiger partial charge in [0, 0.05) is 24.4 Å². The third-order valence-corrected chi connectivity index (χ3v) is 5.75. The number of rotatable bonds is 0. The molecule has 0 radical (unpaired) electrons. The Balaban J connectivity index is 1.67. The first-order valence-electron chi connectivity index (χ1n) is 6.31. The number of hydroxylamine groups is 4. The zero-order valence-electron chi connectivity index (χ0n) is 9.46. The topological polar surface area (TPSA) is 116 Å². The van der Waals surface area contributed by atoms with E-state index in [4.69, 9.17) is 16.4 Å². The largest absolute Gasteiger partial charge is 0.595 e. The minimum Gasteiger partial charge on any atom is -0.595 e. The summed E-state index contributed by atoms with van der Waals surface area (Å²) in [4.78, 5) is 4.77. The fourth-order valence-electron chi connectivity index (χ4n) is 5.13. The molecule has 1 aliphatic heterocycles. The Morgan fingerprint density at radius 1 is 1.18 bits per heavy atom. The Kier molecular flexibility index (Phi) is 1.87. The van der Waals surface area contributed by atoms with Gasteiger partial charge in [0.05, 0.1) is 0 Å². The van der Waals surface area contributed by atoms with E-state index in [9.17, 15) is 10.4 Å². The minimum absolute atomic E-state index is 0.00400. The van der Waals surface area contributed by atoms with Crippen molar-refractivity contribution >= 4 is 0 Å². The van der Waals surface area contributed by atoms with Crippen molar-refractivity contribution in [3.05, 3.63) is 10.4 Å². The van der Waals surface area contributed by atoms with E-state index in [0.29, 0.717) is 17.8 Å². The van der Waals surface area contributed by atoms with Crippen LogP contribution in [0, 0.1) is 34.1 Å². The van der Waals surface area contributed by atoms with Crippen molar-refractivity contribution in [1.82, 2.24) is 0 Å². The van der Waals surface area contributed by atoms with E-state index in [-0.39, 0.29) is 35.0 Å². The fourth-order valence-corrected chi connectivity index (χ4v) is 5.13. The van der Waals surface area contributed by atoms with E-state index in [1.165, 1.54) is 0 Å². The average molecular weight is 242 g/mol. The second-order valence-electron chi connectivity index (χ2n) is 6.21. The quantitative estimate of drug-likeness (QED) is 0.326. The molecule has 1 saturated heterocycles. The number of quaternary nitrogens is 2. The Hall–Kier alpha value is -0.280. The monoisotopic (exact) mass is 242 g/mol. The van der Waals surface area contributed by atoms with Crippen LogP contribution in [0.25, 0.3) is 0 Å². The summed E-state index contributed by atoms with van der Waals surface area (Å²) in [5.41, 5.74) is 11.6. The normalized spacial score (nSPS) is 68.5.